The van der Waals surface area contributed by atoms with Crippen molar-refractivity contribution in [1.82, 2.24) is 9.55 Å². The summed E-state index contributed by atoms with van der Waals surface area (Å²) in [6, 6.07) is 0.504. The molecule has 0 bridgehead atoms. The Kier molecular flexibility index (Phi) is 4.26. The van der Waals surface area contributed by atoms with Gasteiger partial charge in [-0.05, 0) is 26.7 Å². The van der Waals surface area contributed by atoms with Gasteiger partial charge in [-0.1, -0.05) is 6.08 Å². The lowest BCUT2D eigenvalue weighted by Gasteiger charge is -2.06. The fourth-order valence-electron chi connectivity index (χ4n) is 3.03. The van der Waals surface area contributed by atoms with Crippen LogP contribution in [0.2, 0.25) is 0 Å². The second-order valence-corrected chi connectivity index (χ2v) is 6.58. The third-order valence-corrected chi connectivity index (χ3v) is 4.96. The molecule has 0 spiro atoms. The first-order valence-electron chi connectivity index (χ1n) is 7.68. The Morgan fingerprint density at radius 2 is 2.26 bits per heavy atom. The number of carbonyl (C=O) groups is 1. The number of thiazole rings is 1. The van der Waals surface area contributed by atoms with Gasteiger partial charge in [0.25, 0.3) is 0 Å². The van der Waals surface area contributed by atoms with Gasteiger partial charge in [-0.2, -0.15) is 0 Å². The fraction of sp³-hybridized carbons (Fsp3) is 0.412. The van der Waals surface area contributed by atoms with Crippen LogP contribution in [0.5, 0.6) is 0 Å². The van der Waals surface area contributed by atoms with Gasteiger partial charge in [0.15, 0.2) is 5.13 Å². The van der Waals surface area contributed by atoms with Crippen LogP contribution in [-0.4, -0.2) is 29.2 Å². The highest BCUT2D eigenvalue weighted by molar-refractivity contribution is 7.14. The first kappa shape index (κ1) is 15.8. The summed E-state index contributed by atoms with van der Waals surface area (Å²) in [7, 11) is 1.42. The van der Waals surface area contributed by atoms with Gasteiger partial charge in [-0.25, -0.2) is 9.78 Å². The molecule has 1 N–H and O–H groups in total. The molecule has 2 aromatic rings. The molecule has 0 amide bonds. The third kappa shape index (κ3) is 2.79. The molecule has 0 unspecified atom stereocenters. The fourth-order valence-corrected chi connectivity index (χ4v) is 3.74. The summed E-state index contributed by atoms with van der Waals surface area (Å²) in [4.78, 5) is 17.0. The predicted octanol–water partition coefficient (Wildman–Crippen LogP) is 3.95. The summed E-state index contributed by atoms with van der Waals surface area (Å²) in [6.07, 6.45) is 4.12. The van der Waals surface area contributed by atoms with Gasteiger partial charge in [0, 0.05) is 34.9 Å². The number of hydrogen-bond donors (Lipinski definition) is 1. The zero-order valence-electron chi connectivity index (χ0n) is 13.7. The van der Waals surface area contributed by atoms with E-state index in [1.165, 1.54) is 31.3 Å². The molecule has 3 rings (SSSR count). The summed E-state index contributed by atoms with van der Waals surface area (Å²) in [5, 5.41) is 6.00. The highest BCUT2D eigenvalue weighted by Gasteiger charge is 2.33. The van der Waals surface area contributed by atoms with E-state index in [1.807, 2.05) is 12.3 Å². The molecule has 23 heavy (non-hydrogen) atoms. The van der Waals surface area contributed by atoms with Gasteiger partial charge >= 0.3 is 5.97 Å². The monoisotopic (exact) mass is 331 g/mol. The maximum Gasteiger partial charge on any atom is 0.340 e. The Labute approximate surface area is 140 Å². The van der Waals surface area contributed by atoms with Crippen LogP contribution in [0, 0.1) is 13.8 Å². The molecule has 2 heterocycles. The Hall–Kier alpha value is -2.08. The molecule has 0 radical (unpaired) electrons. The molecule has 0 saturated heterocycles. The average molecular weight is 331 g/mol. The van der Waals surface area contributed by atoms with Crippen molar-refractivity contribution in [3.63, 3.8) is 0 Å². The minimum atomic E-state index is -0.298. The predicted molar refractivity (Wildman–Crippen MR) is 93.3 cm³/mol. The van der Waals surface area contributed by atoms with Crippen molar-refractivity contribution in [3.05, 3.63) is 35.0 Å². The van der Waals surface area contributed by atoms with Crippen LogP contribution < -0.4 is 5.32 Å². The number of rotatable bonds is 6. The molecule has 1 aliphatic carbocycles. The zero-order chi connectivity index (χ0) is 16.6. The molecule has 6 heteroatoms. The molecule has 0 aliphatic heterocycles. The summed E-state index contributed by atoms with van der Waals surface area (Å²) < 4.78 is 7.28. The van der Waals surface area contributed by atoms with Crippen molar-refractivity contribution >= 4 is 22.4 Å². The Bertz CT molecular complexity index is 756. The second kappa shape index (κ2) is 6.20. The summed E-state index contributed by atoms with van der Waals surface area (Å²) in [5.74, 6) is -0.298. The largest absolute Gasteiger partial charge is 0.465 e. The number of nitrogens with one attached hydrogen (secondary N) is 1. The van der Waals surface area contributed by atoms with Crippen molar-refractivity contribution in [2.45, 2.75) is 32.7 Å². The van der Waals surface area contributed by atoms with Crippen LogP contribution in [-0.2, 0) is 4.74 Å². The Morgan fingerprint density at radius 1 is 1.52 bits per heavy atom. The van der Waals surface area contributed by atoms with E-state index in [9.17, 15) is 4.79 Å². The highest BCUT2D eigenvalue weighted by atomic mass is 32.1. The van der Waals surface area contributed by atoms with E-state index in [4.69, 9.17) is 4.74 Å². The average Bonchev–Trinajstić information content (AvgIpc) is 3.20. The SMILES string of the molecule is C=CCNc1nc(-c2c(C(=O)OC)c(C)n(C3CC3)c2C)cs1. The smallest absolute Gasteiger partial charge is 0.340 e. The van der Waals surface area contributed by atoms with Crippen LogP contribution in [0.1, 0.15) is 40.6 Å². The lowest BCUT2D eigenvalue weighted by Crippen LogP contribution is -2.05. The van der Waals surface area contributed by atoms with Crippen LogP contribution in [0.3, 0.4) is 0 Å². The molecule has 1 saturated carbocycles. The number of nitrogens with zero attached hydrogens (tertiary/aromatic N) is 2. The normalized spacial score (nSPS) is 13.9. The number of hydrogen-bond acceptors (Lipinski definition) is 5. The number of methoxy groups -OCH3 is 1. The van der Waals surface area contributed by atoms with Crippen LogP contribution in [0.4, 0.5) is 5.13 Å². The number of esters is 1. The maximum atomic E-state index is 12.3. The van der Waals surface area contributed by atoms with Gasteiger partial charge in [0.2, 0.25) is 0 Å². The van der Waals surface area contributed by atoms with Crippen molar-refractivity contribution < 1.29 is 9.53 Å². The first-order valence-corrected chi connectivity index (χ1v) is 8.56. The molecule has 0 atom stereocenters. The molecule has 1 fully saturated rings. The number of carbonyl (C=O) groups excluding carboxylic acids is 1. The van der Waals surface area contributed by atoms with E-state index in [0.29, 0.717) is 18.2 Å². The van der Waals surface area contributed by atoms with E-state index in [0.717, 1.165) is 27.8 Å². The topological polar surface area (TPSA) is 56.1 Å². The van der Waals surface area contributed by atoms with Gasteiger partial charge in [0.05, 0.1) is 18.4 Å². The van der Waals surface area contributed by atoms with Gasteiger partial charge in [-0.15, -0.1) is 17.9 Å². The van der Waals surface area contributed by atoms with E-state index in [2.05, 4.69) is 28.4 Å². The lowest BCUT2D eigenvalue weighted by molar-refractivity contribution is 0.0600. The molecule has 2 aromatic heterocycles. The molecular weight excluding hydrogens is 310 g/mol. The van der Waals surface area contributed by atoms with Crippen molar-refractivity contribution in [2.75, 3.05) is 19.0 Å². The minimum absolute atomic E-state index is 0.298. The van der Waals surface area contributed by atoms with E-state index in [-0.39, 0.29) is 5.97 Å². The number of aromatic nitrogens is 2. The van der Waals surface area contributed by atoms with Crippen molar-refractivity contribution in [1.29, 1.82) is 0 Å². The summed E-state index contributed by atoms with van der Waals surface area (Å²) >= 11 is 1.53. The second-order valence-electron chi connectivity index (χ2n) is 5.72. The van der Waals surface area contributed by atoms with Crippen LogP contribution in [0.25, 0.3) is 11.3 Å². The molecule has 0 aromatic carbocycles. The van der Waals surface area contributed by atoms with Crippen molar-refractivity contribution in [2.24, 2.45) is 0 Å². The zero-order valence-corrected chi connectivity index (χ0v) is 14.5. The van der Waals surface area contributed by atoms with Gasteiger partial charge < -0.3 is 14.6 Å². The quantitative estimate of drug-likeness (QED) is 0.643. The Balaban J connectivity index is 2.09. The highest BCUT2D eigenvalue weighted by Crippen LogP contribution is 2.43. The maximum absolute atomic E-state index is 12.3. The standard InChI is InChI=1S/C17H21N3O2S/c1-5-8-18-17-19-13(9-23-17)14-10(2)20(12-6-7-12)11(3)15(14)16(21)22-4/h5,9,12H,1,6-8H2,2-4H3,(H,18,19). The third-order valence-electron chi connectivity index (χ3n) is 4.16. The van der Waals surface area contributed by atoms with E-state index in [1.54, 1.807) is 6.08 Å². The molecule has 122 valence electrons. The summed E-state index contributed by atoms with van der Waals surface area (Å²) in [5.41, 5.74) is 4.41. The Morgan fingerprint density at radius 3 is 2.87 bits per heavy atom. The van der Waals surface area contributed by atoms with Gasteiger partial charge in [-0.3, -0.25) is 0 Å². The lowest BCUT2D eigenvalue weighted by atomic mass is 10.1. The first-order chi connectivity index (χ1) is 11.1. The van der Waals surface area contributed by atoms with Crippen LogP contribution >= 0.6 is 11.3 Å². The molecule has 5 nitrogen and oxygen atoms in total. The van der Waals surface area contributed by atoms with Crippen molar-refractivity contribution in [3.8, 4) is 11.3 Å². The van der Waals surface area contributed by atoms with Crippen LogP contribution in [0.15, 0.2) is 18.0 Å². The number of ether oxygens (including phenoxy) is 1. The summed E-state index contributed by atoms with van der Waals surface area (Å²) in [6.45, 7) is 8.41. The van der Waals surface area contributed by atoms with E-state index < -0.39 is 0 Å². The minimum Gasteiger partial charge on any atom is -0.465 e. The number of anilines is 1. The van der Waals surface area contributed by atoms with E-state index >= 15 is 0 Å². The van der Waals surface area contributed by atoms with Gasteiger partial charge in [0.1, 0.15) is 0 Å². The molecular formula is C17H21N3O2S. The molecule has 1 aliphatic rings.